The summed E-state index contributed by atoms with van der Waals surface area (Å²) < 4.78 is 5.60. The summed E-state index contributed by atoms with van der Waals surface area (Å²) in [5.74, 6) is 0.00278. The van der Waals surface area contributed by atoms with E-state index in [2.05, 4.69) is 40.3 Å². The fraction of sp³-hybridized carbons (Fsp3) is 0.0244. The van der Waals surface area contributed by atoms with Crippen molar-refractivity contribution in [3.05, 3.63) is 174 Å². The van der Waals surface area contributed by atoms with Gasteiger partial charge in [-0.1, -0.05) is 109 Å². The second kappa shape index (κ2) is 12.8. The zero-order valence-electron chi connectivity index (χ0n) is 24.9. The summed E-state index contributed by atoms with van der Waals surface area (Å²) in [5.41, 5.74) is 10.2. The van der Waals surface area contributed by atoms with Crippen LogP contribution >= 0.6 is 0 Å². The normalized spacial score (nSPS) is 10.9. The van der Waals surface area contributed by atoms with Gasteiger partial charge in [0.1, 0.15) is 5.75 Å². The first-order valence-corrected chi connectivity index (χ1v) is 15.1. The highest BCUT2D eigenvalue weighted by molar-refractivity contribution is 5.98. The molecule has 0 aliphatic carbocycles. The first kappa shape index (κ1) is 28.6. The summed E-state index contributed by atoms with van der Waals surface area (Å²) in [6, 6.07) is 50.5. The summed E-state index contributed by atoms with van der Waals surface area (Å²) in [5, 5.41) is 0. The van der Waals surface area contributed by atoms with Crippen molar-refractivity contribution in [2.45, 2.75) is 6.42 Å². The average molecular weight is 599 g/mol. The van der Waals surface area contributed by atoms with E-state index in [1.165, 1.54) is 0 Å². The van der Waals surface area contributed by atoms with Crippen molar-refractivity contribution >= 4 is 11.8 Å². The minimum atomic E-state index is -0.440. The number of hydrogen-bond donors (Lipinski definition) is 2. The Hall–Kier alpha value is -6.20. The van der Waals surface area contributed by atoms with Gasteiger partial charge in [0.2, 0.25) is 0 Å². The summed E-state index contributed by atoms with van der Waals surface area (Å²) in [7, 11) is 0. The molecule has 222 valence electrons. The Labute approximate surface area is 267 Å². The summed E-state index contributed by atoms with van der Waals surface area (Å²) >= 11 is 0. The molecule has 7 aromatic rings. The first-order chi connectivity index (χ1) is 22.6. The molecule has 0 radical (unpaired) electrons. The molecular formula is C41H30N2O3. The predicted molar refractivity (Wildman–Crippen MR) is 183 cm³/mol. The van der Waals surface area contributed by atoms with Crippen molar-refractivity contribution < 1.29 is 14.3 Å². The Bertz CT molecular complexity index is 1940. The Morgan fingerprint density at radius 2 is 0.848 bits per heavy atom. The third kappa shape index (κ3) is 6.35. The van der Waals surface area contributed by atoms with Crippen LogP contribution in [0.1, 0.15) is 26.3 Å². The zero-order chi connectivity index (χ0) is 31.3. The standard InChI is InChI=1S/C41H30N2O3/c44-40(33-17-13-31(14-18-33)38-25-23-36(42-38)29-7-3-1-4-8-29)27-28-11-21-35(22-12-28)46-41(45)34-19-15-32(16-20-34)39-26-24-37(43-39)30-9-5-2-6-10-30/h1-26,42-43H,27H2. The van der Waals surface area contributed by atoms with Crippen LogP contribution in [-0.2, 0) is 6.42 Å². The van der Waals surface area contributed by atoms with Crippen LogP contribution in [0.5, 0.6) is 5.75 Å². The lowest BCUT2D eigenvalue weighted by atomic mass is 10.0. The minimum absolute atomic E-state index is 0.0193. The number of carbonyl (C=O) groups is 2. The minimum Gasteiger partial charge on any atom is -0.423 e. The van der Waals surface area contributed by atoms with E-state index < -0.39 is 5.97 Å². The summed E-state index contributed by atoms with van der Waals surface area (Å²) in [4.78, 5) is 32.7. The molecule has 0 saturated heterocycles. The number of esters is 1. The lowest BCUT2D eigenvalue weighted by Gasteiger charge is -2.07. The van der Waals surface area contributed by atoms with Crippen LogP contribution in [0.2, 0.25) is 0 Å². The van der Waals surface area contributed by atoms with Crippen molar-refractivity contribution in [3.8, 4) is 50.8 Å². The van der Waals surface area contributed by atoms with E-state index in [0.29, 0.717) is 16.9 Å². The van der Waals surface area contributed by atoms with Gasteiger partial charge in [-0.05, 0) is 76.3 Å². The number of H-pyrrole nitrogens is 2. The van der Waals surface area contributed by atoms with Gasteiger partial charge in [0, 0.05) is 34.8 Å². The Morgan fingerprint density at radius 3 is 1.30 bits per heavy atom. The number of nitrogens with one attached hydrogen (secondary N) is 2. The van der Waals surface area contributed by atoms with E-state index in [0.717, 1.165) is 50.6 Å². The number of ether oxygens (including phenoxy) is 1. The van der Waals surface area contributed by atoms with Crippen LogP contribution < -0.4 is 4.74 Å². The van der Waals surface area contributed by atoms with Gasteiger partial charge in [0.05, 0.1) is 5.56 Å². The number of carbonyl (C=O) groups excluding carboxylic acids is 2. The largest absolute Gasteiger partial charge is 0.423 e. The third-order valence-electron chi connectivity index (χ3n) is 7.99. The number of rotatable bonds is 9. The Kier molecular flexibility index (Phi) is 7.95. The molecular weight excluding hydrogens is 568 g/mol. The maximum Gasteiger partial charge on any atom is 0.343 e. The van der Waals surface area contributed by atoms with E-state index >= 15 is 0 Å². The number of aromatic amines is 2. The lowest BCUT2D eigenvalue weighted by Crippen LogP contribution is -2.08. The molecule has 0 spiro atoms. The molecule has 0 amide bonds. The van der Waals surface area contributed by atoms with Crippen LogP contribution in [0.25, 0.3) is 45.0 Å². The molecule has 2 aromatic heterocycles. The van der Waals surface area contributed by atoms with Crippen molar-refractivity contribution in [2.75, 3.05) is 0 Å². The lowest BCUT2D eigenvalue weighted by molar-refractivity contribution is 0.0734. The van der Waals surface area contributed by atoms with Crippen LogP contribution in [0.3, 0.4) is 0 Å². The van der Waals surface area contributed by atoms with Gasteiger partial charge in [-0.25, -0.2) is 4.79 Å². The van der Waals surface area contributed by atoms with Crippen LogP contribution in [0, 0.1) is 0 Å². The van der Waals surface area contributed by atoms with Gasteiger partial charge < -0.3 is 14.7 Å². The highest BCUT2D eigenvalue weighted by atomic mass is 16.5. The molecule has 5 nitrogen and oxygen atoms in total. The van der Waals surface area contributed by atoms with Crippen LogP contribution in [-0.4, -0.2) is 21.7 Å². The fourth-order valence-corrected chi connectivity index (χ4v) is 5.45. The van der Waals surface area contributed by atoms with Crippen molar-refractivity contribution in [1.82, 2.24) is 9.97 Å². The second-order valence-corrected chi connectivity index (χ2v) is 11.1. The van der Waals surface area contributed by atoms with E-state index in [9.17, 15) is 9.59 Å². The van der Waals surface area contributed by atoms with E-state index in [1.54, 1.807) is 24.3 Å². The number of hydrogen-bond acceptors (Lipinski definition) is 3. The van der Waals surface area contributed by atoms with Crippen LogP contribution in [0.15, 0.2) is 158 Å². The number of Topliss-reactive ketones (excluding diaryl/α,β-unsaturated/α-hetero) is 1. The molecule has 46 heavy (non-hydrogen) atoms. The van der Waals surface area contributed by atoms with Gasteiger partial charge in [-0.2, -0.15) is 0 Å². The van der Waals surface area contributed by atoms with E-state index in [4.69, 9.17) is 4.74 Å². The van der Waals surface area contributed by atoms with Crippen LogP contribution in [0.4, 0.5) is 0 Å². The third-order valence-corrected chi connectivity index (χ3v) is 7.99. The first-order valence-electron chi connectivity index (χ1n) is 15.1. The second-order valence-electron chi connectivity index (χ2n) is 11.1. The molecule has 0 aliphatic rings. The Morgan fingerprint density at radius 1 is 0.435 bits per heavy atom. The van der Waals surface area contributed by atoms with Gasteiger partial charge >= 0.3 is 5.97 Å². The van der Waals surface area contributed by atoms with E-state index in [1.807, 2.05) is 103 Å². The molecule has 5 aromatic carbocycles. The van der Waals surface area contributed by atoms with E-state index in [-0.39, 0.29) is 12.2 Å². The topological polar surface area (TPSA) is 75.0 Å². The molecule has 0 bridgehead atoms. The molecule has 0 unspecified atom stereocenters. The maximum absolute atomic E-state index is 13.0. The Balaban J connectivity index is 0.941. The number of aromatic nitrogens is 2. The molecule has 0 atom stereocenters. The fourth-order valence-electron chi connectivity index (χ4n) is 5.45. The molecule has 2 N–H and O–H groups in total. The molecule has 0 aliphatic heterocycles. The van der Waals surface area contributed by atoms with Crippen molar-refractivity contribution in [3.63, 3.8) is 0 Å². The molecule has 0 fully saturated rings. The maximum atomic E-state index is 13.0. The van der Waals surface area contributed by atoms with Gasteiger partial charge in [0.25, 0.3) is 0 Å². The molecule has 2 heterocycles. The molecule has 0 saturated carbocycles. The SMILES string of the molecule is O=C(Cc1ccc(OC(=O)c2ccc(-c3ccc(-c4ccccc4)[nH]3)cc2)cc1)c1ccc(-c2ccc(-c3ccccc3)[nH]2)cc1. The highest BCUT2D eigenvalue weighted by Crippen LogP contribution is 2.27. The van der Waals surface area contributed by atoms with Crippen molar-refractivity contribution in [2.24, 2.45) is 0 Å². The summed E-state index contributed by atoms with van der Waals surface area (Å²) in [6.45, 7) is 0. The predicted octanol–water partition coefficient (Wildman–Crippen LogP) is 9.66. The quantitative estimate of drug-likeness (QED) is 0.0987. The van der Waals surface area contributed by atoms with Gasteiger partial charge in [0.15, 0.2) is 5.78 Å². The highest BCUT2D eigenvalue weighted by Gasteiger charge is 2.12. The van der Waals surface area contributed by atoms with Crippen molar-refractivity contribution in [1.29, 1.82) is 0 Å². The number of ketones is 1. The average Bonchev–Trinajstić information content (AvgIpc) is 3.82. The summed E-state index contributed by atoms with van der Waals surface area (Å²) in [6.07, 6.45) is 0.250. The smallest absolute Gasteiger partial charge is 0.343 e. The number of benzene rings is 5. The van der Waals surface area contributed by atoms with Gasteiger partial charge in [-0.3, -0.25) is 4.79 Å². The monoisotopic (exact) mass is 598 g/mol. The molecule has 5 heteroatoms. The molecule has 7 rings (SSSR count). The zero-order valence-corrected chi connectivity index (χ0v) is 24.9. The van der Waals surface area contributed by atoms with Gasteiger partial charge in [-0.15, -0.1) is 0 Å².